The lowest BCUT2D eigenvalue weighted by Crippen LogP contribution is -2.38. The number of thiophene rings is 1. The molecule has 6 heteroatoms. The number of nitrogens with zero attached hydrogens (tertiary/aromatic N) is 1. The molecule has 0 aliphatic carbocycles. The van der Waals surface area contributed by atoms with E-state index in [1.165, 1.54) is 15.2 Å². The van der Waals surface area contributed by atoms with Crippen molar-refractivity contribution in [2.45, 2.75) is 12.5 Å². The van der Waals surface area contributed by atoms with Gasteiger partial charge in [-0.15, -0.1) is 11.3 Å². The van der Waals surface area contributed by atoms with Crippen molar-refractivity contribution in [1.29, 1.82) is 0 Å². The van der Waals surface area contributed by atoms with E-state index in [1.54, 1.807) is 11.3 Å². The molecule has 154 valence electrons. The number of ether oxygens (including phenoxy) is 1. The summed E-state index contributed by atoms with van der Waals surface area (Å²) in [4.78, 5) is 6.74. The molecule has 4 nitrogen and oxygen atoms in total. The van der Waals surface area contributed by atoms with Crippen molar-refractivity contribution in [2.24, 2.45) is 0 Å². The molecule has 0 radical (unpaired) electrons. The summed E-state index contributed by atoms with van der Waals surface area (Å²) in [6.07, 6.45) is 4.62. The predicted molar refractivity (Wildman–Crippen MR) is 126 cm³/mol. The number of aromatic amines is 1. The Morgan fingerprint density at radius 2 is 2.07 bits per heavy atom. The highest BCUT2D eigenvalue weighted by Crippen LogP contribution is 2.36. The molecule has 30 heavy (non-hydrogen) atoms. The highest BCUT2D eigenvalue weighted by atomic mass is 35.5. The van der Waals surface area contributed by atoms with E-state index in [2.05, 4.69) is 28.1 Å². The zero-order chi connectivity index (χ0) is 20.5. The molecule has 2 aromatic heterocycles. The molecule has 1 aliphatic rings. The van der Waals surface area contributed by atoms with E-state index in [1.807, 2.05) is 42.6 Å². The Labute approximate surface area is 184 Å². The van der Waals surface area contributed by atoms with Gasteiger partial charge in [-0.1, -0.05) is 29.8 Å². The lowest BCUT2D eigenvalue weighted by molar-refractivity contribution is 0.0723. The number of fused-ring (bicyclic) bond motifs is 2. The van der Waals surface area contributed by atoms with Crippen LogP contribution in [0.4, 0.5) is 0 Å². The van der Waals surface area contributed by atoms with Gasteiger partial charge in [0, 0.05) is 56.7 Å². The summed E-state index contributed by atoms with van der Waals surface area (Å²) in [5.41, 5.74) is 2.41. The Hall–Kier alpha value is -2.31. The van der Waals surface area contributed by atoms with Gasteiger partial charge in [0.1, 0.15) is 18.5 Å². The minimum Gasteiger partial charge on any atom is -0.490 e. The monoisotopic (exact) mass is 438 g/mol. The number of aromatic nitrogens is 1. The van der Waals surface area contributed by atoms with E-state index in [0.29, 0.717) is 6.54 Å². The third-order valence-corrected chi connectivity index (χ3v) is 7.08. The molecule has 5 rings (SSSR count). The van der Waals surface area contributed by atoms with Gasteiger partial charge in [0.2, 0.25) is 0 Å². The summed E-state index contributed by atoms with van der Waals surface area (Å²) in [6, 6.07) is 16.2. The van der Waals surface area contributed by atoms with Gasteiger partial charge in [-0.3, -0.25) is 4.90 Å². The van der Waals surface area contributed by atoms with Crippen molar-refractivity contribution in [2.75, 3.05) is 26.2 Å². The topological polar surface area (TPSA) is 48.5 Å². The highest BCUT2D eigenvalue weighted by molar-refractivity contribution is 7.20. The van der Waals surface area contributed by atoms with Crippen LogP contribution >= 0.6 is 22.9 Å². The third-order valence-electron chi connectivity index (χ3n) is 5.57. The summed E-state index contributed by atoms with van der Waals surface area (Å²) in [5, 5.41) is 13.5. The second-order valence-corrected chi connectivity index (χ2v) is 9.15. The number of hydrogen-bond donors (Lipinski definition) is 2. The van der Waals surface area contributed by atoms with Crippen molar-refractivity contribution in [3.8, 4) is 5.75 Å². The first-order valence-electron chi connectivity index (χ1n) is 10.1. The first kappa shape index (κ1) is 19.6. The Morgan fingerprint density at radius 3 is 2.90 bits per heavy atom. The van der Waals surface area contributed by atoms with Crippen LogP contribution in [0.2, 0.25) is 5.02 Å². The molecule has 4 aromatic rings. The fourth-order valence-corrected chi connectivity index (χ4v) is 5.44. The van der Waals surface area contributed by atoms with Gasteiger partial charge >= 0.3 is 0 Å². The number of aliphatic hydroxyl groups excluding tert-OH is 1. The molecule has 1 aliphatic heterocycles. The number of hydrogen-bond acceptors (Lipinski definition) is 4. The lowest BCUT2D eigenvalue weighted by Gasteiger charge is -2.28. The van der Waals surface area contributed by atoms with Crippen LogP contribution in [0.25, 0.3) is 26.6 Å². The van der Waals surface area contributed by atoms with Crippen molar-refractivity contribution < 1.29 is 9.84 Å². The maximum atomic E-state index is 10.5. The maximum absolute atomic E-state index is 10.5. The van der Waals surface area contributed by atoms with E-state index in [0.717, 1.165) is 46.6 Å². The molecule has 0 amide bonds. The molecule has 0 spiro atoms. The Morgan fingerprint density at radius 1 is 1.17 bits per heavy atom. The summed E-state index contributed by atoms with van der Waals surface area (Å²) >= 11 is 8.12. The molecule has 0 fully saturated rings. The van der Waals surface area contributed by atoms with Crippen molar-refractivity contribution in [3.05, 3.63) is 70.7 Å². The van der Waals surface area contributed by atoms with Gasteiger partial charge in [-0.05, 0) is 48.4 Å². The lowest BCUT2D eigenvalue weighted by atomic mass is 10.1. The summed E-state index contributed by atoms with van der Waals surface area (Å²) in [7, 11) is 0. The molecule has 2 N–H and O–H groups in total. The molecule has 0 saturated carbocycles. The fraction of sp³-hybridized carbons (Fsp3) is 0.250. The number of aliphatic hydroxyl groups is 1. The molecule has 0 bridgehead atoms. The Bertz CT molecular complexity index is 1210. The molecule has 2 aromatic carbocycles. The number of H-pyrrole nitrogens is 1. The average Bonchev–Trinajstić information content (AvgIpc) is 3.41. The second-order valence-electron chi connectivity index (χ2n) is 7.66. The standard InChI is InChI=1S/C24H23ClN2O2S/c25-20-3-1-6-23-19(20)13-24(30-23)16-8-11-27(12-9-16)14-17(28)15-29-22-5-2-4-21-18(22)7-10-26-21/h1-8,10,13,17,26,28H,9,11-12,14-15H2/t17-/m0/s1. The number of nitrogens with one attached hydrogen (secondary N) is 1. The van der Waals surface area contributed by atoms with Crippen LogP contribution in [-0.2, 0) is 0 Å². The van der Waals surface area contributed by atoms with Gasteiger partial charge in [-0.2, -0.15) is 0 Å². The van der Waals surface area contributed by atoms with Crippen molar-refractivity contribution in [3.63, 3.8) is 0 Å². The predicted octanol–water partition coefficient (Wildman–Crippen LogP) is 5.57. The van der Waals surface area contributed by atoms with Gasteiger partial charge in [0.15, 0.2) is 0 Å². The number of β-amino-alcohol motifs (C(OH)–C–C–N with tert-alkyl or cyclic N) is 1. The summed E-state index contributed by atoms with van der Waals surface area (Å²) < 4.78 is 7.12. The van der Waals surface area contributed by atoms with Crippen LogP contribution in [0.3, 0.4) is 0 Å². The Kier molecular flexibility index (Phi) is 5.52. The molecule has 0 unspecified atom stereocenters. The van der Waals surface area contributed by atoms with E-state index < -0.39 is 6.10 Å². The fourth-order valence-electron chi connectivity index (χ4n) is 4.00. The molecular formula is C24H23ClN2O2S. The van der Waals surface area contributed by atoms with Crippen molar-refractivity contribution in [1.82, 2.24) is 9.88 Å². The SMILES string of the molecule is O[C@H](COc1cccc2[nH]ccc12)CN1CC=C(c2cc3c(Cl)cccc3s2)CC1. The first-order chi connectivity index (χ1) is 14.7. The highest BCUT2D eigenvalue weighted by Gasteiger charge is 2.18. The molecule has 3 heterocycles. The van der Waals surface area contributed by atoms with Gasteiger partial charge in [-0.25, -0.2) is 0 Å². The van der Waals surface area contributed by atoms with E-state index in [-0.39, 0.29) is 6.61 Å². The normalized spacial score (nSPS) is 16.1. The number of benzene rings is 2. The minimum atomic E-state index is -0.530. The van der Waals surface area contributed by atoms with Crippen LogP contribution in [0.1, 0.15) is 11.3 Å². The molecule has 1 atom stereocenters. The zero-order valence-corrected chi connectivity index (χ0v) is 18.0. The van der Waals surface area contributed by atoms with Gasteiger partial charge < -0.3 is 14.8 Å². The average molecular weight is 439 g/mol. The number of rotatable bonds is 6. The summed E-state index contributed by atoms with van der Waals surface area (Å²) in [5.74, 6) is 0.803. The summed E-state index contributed by atoms with van der Waals surface area (Å²) in [6.45, 7) is 2.65. The van der Waals surface area contributed by atoms with Crippen LogP contribution in [-0.4, -0.2) is 47.3 Å². The second kappa shape index (κ2) is 8.44. The van der Waals surface area contributed by atoms with Crippen LogP contribution < -0.4 is 4.74 Å². The van der Waals surface area contributed by atoms with E-state index in [9.17, 15) is 5.11 Å². The smallest absolute Gasteiger partial charge is 0.128 e. The Balaban J connectivity index is 1.18. The van der Waals surface area contributed by atoms with Crippen LogP contribution in [0.15, 0.2) is 60.8 Å². The molecule has 0 saturated heterocycles. The third kappa shape index (κ3) is 3.98. The maximum Gasteiger partial charge on any atom is 0.128 e. The largest absolute Gasteiger partial charge is 0.490 e. The van der Waals surface area contributed by atoms with Gasteiger partial charge in [0.25, 0.3) is 0 Å². The minimum absolute atomic E-state index is 0.284. The van der Waals surface area contributed by atoms with Crippen LogP contribution in [0.5, 0.6) is 5.75 Å². The number of halogens is 1. The van der Waals surface area contributed by atoms with Crippen molar-refractivity contribution >= 4 is 49.5 Å². The van der Waals surface area contributed by atoms with E-state index in [4.69, 9.17) is 16.3 Å². The quantitative estimate of drug-likeness (QED) is 0.414. The molecular weight excluding hydrogens is 416 g/mol. The van der Waals surface area contributed by atoms with E-state index >= 15 is 0 Å². The van der Waals surface area contributed by atoms with Crippen LogP contribution in [0, 0.1) is 0 Å². The van der Waals surface area contributed by atoms with Gasteiger partial charge in [0.05, 0.1) is 0 Å². The zero-order valence-electron chi connectivity index (χ0n) is 16.5. The first-order valence-corrected chi connectivity index (χ1v) is 11.3.